The van der Waals surface area contributed by atoms with Crippen molar-refractivity contribution in [3.8, 4) is 22.6 Å². The normalized spacial score (nSPS) is 11.5. The molecule has 156 valence electrons. The number of ether oxygens (including phenoxy) is 3. The van der Waals surface area contributed by atoms with Crippen LogP contribution in [0, 0.1) is 0 Å². The van der Waals surface area contributed by atoms with E-state index in [0.29, 0.717) is 37.0 Å². The molecule has 3 aromatic rings. The van der Waals surface area contributed by atoms with Gasteiger partial charge in [-0.25, -0.2) is 0 Å². The Kier molecular flexibility index (Phi) is 7.86. The van der Waals surface area contributed by atoms with Crippen LogP contribution in [0.5, 0.6) is 11.5 Å². The van der Waals surface area contributed by atoms with Crippen LogP contribution < -0.4 is 14.8 Å². The van der Waals surface area contributed by atoms with Crippen molar-refractivity contribution in [3.63, 3.8) is 0 Å². The van der Waals surface area contributed by atoms with Crippen molar-refractivity contribution in [3.05, 3.63) is 78.9 Å². The van der Waals surface area contributed by atoms with Gasteiger partial charge in [0.25, 0.3) is 5.91 Å². The van der Waals surface area contributed by atoms with Crippen LogP contribution in [-0.2, 0) is 9.53 Å². The first-order chi connectivity index (χ1) is 14.7. The van der Waals surface area contributed by atoms with E-state index < -0.39 is 6.10 Å². The van der Waals surface area contributed by atoms with Crippen molar-refractivity contribution in [2.24, 2.45) is 0 Å². The number of anilines is 1. The fourth-order valence-corrected chi connectivity index (χ4v) is 2.88. The van der Waals surface area contributed by atoms with E-state index in [-0.39, 0.29) is 5.91 Å². The Morgan fingerprint density at radius 1 is 0.867 bits per heavy atom. The first-order valence-electron chi connectivity index (χ1n) is 10.1. The lowest BCUT2D eigenvalue weighted by atomic mass is 10.1. The molecule has 0 radical (unpaired) electrons. The Hall–Kier alpha value is -3.31. The van der Waals surface area contributed by atoms with Crippen molar-refractivity contribution in [1.29, 1.82) is 0 Å². The fraction of sp³-hybridized carbons (Fsp3) is 0.240. The van der Waals surface area contributed by atoms with E-state index in [1.165, 1.54) is 0 Å². The zero-order valence-corrected chi connectivity index (χ0v) is 17.3. The summed E-state index contributed by atoms with van der Waals surface area (Å²) in [4.78, 5) is 12.5. The van der Waals surface area contributed by atoms with Gasteiger partial charge >= 0.3 is 0 Å². The minimum atomic E-state index is -0.643. The summed E-state index contributed by atoms with van der Waals surface area (Å²) in [6, 6.07) is 25.1. The van der Waals surface area contributed by atoms with Crippen LogP contribution in [0.2, 0.25) is 0 Å². The van der Waals surface area contributed by atoms with E-state index in [9.17, 15) is 4.79 Å². The monoisotopic (exact) mass is 405 g/mol. The molecule has 5 nitrogen and oxygen atoms in total. The number of carbonyl (C=O) groups is 1. The summed E-state index contributed by atoms with van der Waals surface area (Å²) in [5.41, 5.74) is 2.89. The molecule has 0 spiro atoms. The number of nitrogens with one attached hydrogen (secondary N) is 1. The lowest BCUT2D eigenvalue weighted by Gasteiger charge is -2.15. The van der Waals surface area contributed by atoms with E-state index in [2.05, 4.69) is 17.4 Å². The van der Waals surface area contributed by atoms with Gasteiger partial charge in [0.05, 0.1) is 6.61 Å². The van der Waals surface area contributed by atoms with E-state index in [4.69, 9.17) is 14.2 Å². The highest BCUT2D eigenvalue weighted by atomic mass is 16.5. The predicted molar refractivity (Wildman–Crippen MR) is 119 cm³/mol. The van der Waals surface area contributed by atoms with E-state index >= 15 is 0 Å². The molecule has 1 unspecified atom stereocenters. The topological polar surface area (TPSA) is 56.8 Å². The molecule has 0 heterocycles. The maximum Gasteiger partial charge on any atom is 0.265 e. The molecule has 3 rings (SSSR count). The van der Waals surface area contributed by atoms with Crippen molar-refractivity contribution in [2.45, 2.75) is 20.0 Å². The lowest BCUT2D eigenvalue weighted by molar-refractivity contribution is -0.122. The van der Waals surface area contributed by atoms with Crippen LogP contribution >= 0.6 is 0 Å². The molecule has 30 heavy (non-hydrogen) atoms. The third-order valence-corrected chi connectivity index (χ3v) is 4.45. The average Bonchev–Trinajstić information content (AvgIpc) is 2.78. The van der Waals surface area contributed by atoms with Crippen LogP contribution in [-0.4, -0.2) is 31.8 Å². The number of benzene rings is 3. The Bertz CT molecular complexity index is 925. The standard InChI is InChI=1S/C25H27NO4/c1-3-28-16-17-29-24-11-7-10-22(18-24)26-25(27)19(2)30-23-14-12-21(13-15-23)20-8-5-4-6-9-20/h4-15,18-19H,3,16-17H2,1-2H3,(H,26,27). The number of hydrogen-bond donors (Lipinski definition) is 1. The molecule has 1 amide bonds. The van der Waals surface area contributed by atoms with Gasteiger partial charge in [0, 0.05) is 18.4 Å². The molecule has 3 aromatic carbocycles. The van der Waals surface area contributed by atoms with Gasteiger partial charge < -0.3 is 19.5 Å². The van der Waals surface area contributed by atoms with Gasteiger partial charge in [-0.2, -0.15) is 0 Å². The van der Waals surface area contributed by atoms with Gasteiger partial charge in [-0.05, 0) is 49.2 Å². The number of carbonyl (C=O) groups excluding carboxylic acids is 1. The average molecular weight is 405 g/mol. The Labute approximate surface area is 177 Å². The summed E-state index contributed by atoms with van der Waals surface area (Å²) in [5, 5.41) is 2.87. The quantitative estimate of drug-likeness (QED) is 0.473. The third kappa shape index (κ3) is 6.36. The largest absolute Gasteiger partial charge is 0.491 e. The summed E-state index contributed by atoms with van der Waals surface area (Å²) in [7, 11) is 0. The first-order valence-corrected chi connectivity index (χ1v) is 10.1. The van der Waals surface area contributed by atoms with Crippen molar-refractivity contribution < 1.29 is 19.0 Å². The summed E-state index contributed by atoms with van der Waals surface area (Å²) in [5.74, 6) is 1.09. The second-order valence-corrected chi connectivity index (χ2v) is 6.71. The summed E-state index contributed by atoms with van der Waals surface area (Å²) in [6.07, 6.45) is -0.643. The molecular formula is C25H27NO4. The Balaban J connectivity index is 1.53. The lowest BCUT2D eigenvalue weighted by Crippen LogP contribution is -2.30. The summed E-state index contributed by atoms with van der Waals surface area (Å²) < 4.78 is 16.7. The molecule has 0 aliphatic carbocycles. The smallest absolute Gasteiger partial charge is 0.265 e. The van der Waals surface area contributed by atoms with Gasteiger partial charge in [-0.3, -0.25) is 4.79 Å². The highest BCUT2D eigenvalue weighted by Gasteiger charge is 2.15. The van der Waals surface area contributed by atoms with Crippen LogP contribution in [0.4, 0.5) is 5.69 Å². The van der Waals surface area contributed by atoms with Crippen molar-refractivity contribution >= 4 is 11.6 Å². The van der Waals surface area contributed by atoms with E-state index in [1.807, 2.05) is 67.6 Å². The van der Waals surface area contributed by atoms with Crippen molar-refractivity contribution in [1.82, 2.24) is 0 Å². The molecule has 0 saturated carbocycles. The SMILES string of the molecule is CCOCCOc1cccc(NC(=O)C(C)Oc2ccc(-c3ccccc3)cc2)c1. The number of rotatable bonds is 10. The molecule has 0 fully saturated rings. The fourth-order valence-electron chi connectivity index (χ4n) is 2.88. The second-order valence-electron chi connectivity index (χ2n) is 6.71. The molecule has 0 aliphatic heterocycles. The highest BCUT2D eigenvalue weighted by molar-refractivity contribution is 5.94. The molecule has 1 atom stereocenters. The molecule has 0 aromatic heterocycles. The van der Waals surface area contributed by atoms with E-state index in [1.54, 1.807) is 13.0 Å². The Morgan fingerprint density at radius 2 is 1.60 bits per heavy atom. The number of hydrogen-bond acceptors (Lipinski definition) is 4. The van der Waals surface area contributed by atoms with Gasteiger partial charge in [-0.15, -0.1) is 0 Å². The minimum absolute atomic E-state index is 0.228. The molecular weight excluding hydrogens is 378 g/mol. The molecule has 0 bridgehead atoms. The molecule has 0 saturated heterocycles. The first kappa shape index (κ1) is 21.4. The van der Waals surface area contributed by atoms with Gasteiger partial charge in [-0.1, -0.05) is 48.5 Å². The zero-order valence-electron chi connectivity index (χ0n) is 17.3. The second kappa shape index (κ2) is 11.0. The van der Waals surface area contributed by atoms with Gasteiger partial charge in [0.1, 0.15) is 18.1 Å². The van der Waals surface area contributed by atoms with E-state index in [0.717, 1.165) is 11.1 Å². The van der Waals surface area contributed by atoms with Crippen LogP contribution in [0.25, 0.3) is 11.1 Å². The van der Waals surface area contributed by atoms with Crippen LogP contribution in [0.15, 0.2) is 78.9 Å². The molecule has 5 heteroatoms. The van der Waals surface area contributed by atoms with Gasteiger partial charge in [0.2, 0.25) is 0 Å². The maximum atomic E-state index is 12.5. The van der Waals surface area contributed by atoms with Crippen molar-refractivity contribution in [2.75, 3.05) is 25.1 Å². The Morgan fingerprint density at radius 3 is 2.33 bits per heavy atom. The minimum Gasteiger partial charge on any atom is -0.491 e. The maximum absolute atomic E-state index is 12.5. The highest BCUT2D eigenvalue weighted by Crippen LogP contribution is 2.23. The summed E-state index contributed by atoms with van der Waals surface area (Å²) in [6.45, 7) is 5.32. The van der Waals surface area contributed by atoms with Crippen LogP contribution in [0.1, 0.15) is 13.8 Å². The third-order valence-electron chi connectivity index (χ3n) is 4.45. The molecule has 1 N–H and O–H groups in total. The molecule has 0 aliphatic rings. The number of amides is 1. The van der Waals surface area contributed by atoms with Crippen LogP contribution in [0.3, 0.4) is 0 Å². The predicted octanol–water partition coefficient (Wildman–Crippen LogP) is 5.17. The zero-order chi connectivity index (χ0) is 21.2. The van der Waals surface area contributed by atoms with Gasteiger partial charge in [0.15, 0.2) is 6.10 Å². The summed E-state index contributed by atoms with van der Waals surface area (Å²) >= 11 is 0.